The summed E-state index contributed by atoms with van der Waals surface area (Å²) in [6.45, 7) is 0. The fraction of sp³-hybridized carbons (Fsp3) is 0.154. The number of methoxy groups -OCH3 is 1. The van der Waals surface area contributed by atoms with Gasteiger partial charge in [-0.3, -0.25) is 0 Å². The monoisotopic (exact) mass is 462 g/mol. The van der Waals surface area contributed by atoms with Gasteiger partial charge in [0, 0.05) is 20.7 Å². The number of esters is 1. The zero-order valence-electron chi connectivity index (χ0n) is 11.6. The Hall–Kier alpha value is -1.10. The normalized spacial score (nSPS) is 12.2. The lowest BCUT2D eigenvalue weighted by Crippen LogP contribution is -2.06. The number of hydrogen-bond donors (Lipinski definition) is 0. The van der Waals surface area contributed by atoms with Gasteiger partial charge in [-0.2, -0.15) is 13.2 Å². The molecule has 24 heavy (non-hydrogen) atoms. The summed E-state index contributed by atoms with van der Waals surface area (Å²) in [5.74, 6) is -1.22. The summed E-state index contributed by atoms with van der Waals surface area (Å²) in [5.41, 5.74) is -0.730. The quantitative estimate of drug-likeness (QED) is 0.479. The molecule has 0 amide bonds. The van der Waals surface area contributed by atoms with E-state index in [4.69, 9.17) is 10.7 Å². The van der Waals surface area contributed by atoms with Gasteiger partial charge in [0.25, 0.3) is 9.05 Å². The van der Waals surface area contributed by atoms with Gasteiger partial charge < -0.3 is 4.74 Å². The van der Waals surface area contributed by atoms with Gasteiger partial charge in [0.2, 0.25) is 0 Å². The smallest absolute Gasteiger partial charge is 0.426 e. The van der Waals surface area contributed by atoms with Crippen LogP contribution in [0.25, 0.3) is 11.1 Å². The van der Waals surface area contributed by atoms with E-state index in [1.165, 1.54) is 18.2 Å². The fourth-order valence-electron chi connectivity index (χ4n) is 1.98. The molecule has 0 fully saturated rings. The van der Waals surface area contributed by atoms with Crippen LogP contribution in [0, 0.1) is 0 Å². The molecule has 0 unspecified atom stereocenters. The van der Waals surface area contributed by atoms with Crippen LogP contribution >= 0.6 is 37.9 Å². The number of halogens is 5. The van der Waals surface area contributed by atoms with Gasteiger partial charge in [0.05, 0.1) is 7.11 Å². The van der Waals surface area contributed by atoms with Gasteiger partial charge in [-0.05, 0) is 17.7 Å². The molecule has 0 saturated carbocycles. The molecule has 0 aliphatic heterocycles. The van der Waals surface area contributed by atoms with Crippen LogP contribution in [0.15, 0.2) is 33.6 Å². The van der Waals surface area contributed by atoms with E-state index in [0.29, 0.717) is 4.47 Å². The third-order valence-corrected chi connectivity index (χ3v) is 6.05. The summed E-state index contributed by atoms with van der Waals surface area (Å²) in [7, 11) is 1.59. The van der Waals surface area contributed by atoms with Crippen molar-refractivity contribution >= 4 is 53.0 Å². The number of carbonyl (C=O) groups is 1. The highest BCUT2D eigenvalue weighted by Gasteiger charge is 2.42. The van der Waals surface area contributed by atoms with Gasteiger partial charge in [-0.25, -0.2) is 13.2 Å². The van der Waals surface area contributed by atoms with Crippen molar-refractivity contribution in [1.29, 1.82) is 0 Å². The molecule has 1 heterocycles. The van der Waals surface area contributed by atoms with E-state index in [2.05, 4.69) is 20.7 Å². The van der Waals surface area contributed by atoms with Gasteiger partial charge in [0.1, 0.15) is 14.6 Å². The van der Waals surface area contributed by atoms with Crippen molar-refractivity contribution < 1.29 is 31.1 Å². The van der Waals surface area contributed by atoms with Crippen molar-refractivity contribution in [2.45, 2.75) is 11.1 Å². The molecular formula is C13H7BrClF3O4S2. The Balaban J connectivity index is 2.99. The number of thiophene rings is 1. The van der Waals surface area contributed by atoms with E-state index in [1.54, 1.807) is 6.07 Å². The van der Waals surface area contributed by atoms with Crippen molar-refractivity contribution in [1.82, 2.24) is 0 Å². The van der Waals surface area contributed by atoms with Crippen LogP contribution in [0.1, 0.15) is 14.5 Å². The minimum Gasteiger partial charge on any atom is -0.465 e. The molecule has 2 aromatic rings. The first-order valence-electron chi connectivity index (χ1n) is 5.99. The van der Waals surface area contributed by atoms with Crippen LogP contribution in [0.2, 0.25) is 0 Å². The third-order valence-electron chi connectivity index (χ3n) is 2.85. The molecule has 0 radical (unpaired) electrons. The van der Waals surface area contributed by atoms with Gasteiger partial charge in [0.15, 0.2) is 0 Å². The number of carbonyl (C=O) groups excluding carboxylic acids is 1. The first-order valence-corrected chi connectivity index (χ1v) is 9.91. The lowest BCUT2D eigenvalue weighted by atomic mass is 10.1. The van der Waals surface area contributed by atoms with Crippen LogP contribution in [0.3, 0.4) is 0 Å². The predicted octanol–water partition coefficient (Wildman–Crippen LogP) is 4.91. The maximum Gasteiger partial charge on any atom is 0.426 e. The van der Waals surface area contributed by atoms with Crippen molar-refractivity contribution in [3.63, 3.8) is 0 Å². The highest BCUT2D eigenvalue weighted by atomic mass is 79.9. The first-order chi connectivity index (χ1) is 11.0. The molecule has 11 heteroatoms. The van der Waals surface area contributed by atoms with E-state index in [0.717, 1.165) is 7.11 Å². The molecule has 0 N–H and O–H groups in total. The van der Waals surface area contributed by atoms with Gasteiger partial charge in [-0.1, -0.05) is 28.1 Å². The topological polar surface area (TPSA) is 60.4 Å². The molecule has 2 rings (SSSR count). The summed E-state index contributed by atoms with van der Waals surface area (Å²) in [5, 5.41) is 0. The Kier molecular flexibility index (Phi) is 5.34. The molecule has 4 nitrogen and oxygen atoms in total. The van der Waals surface area contributed by atoms with E-state index >= 15 is 0 Å². The van der Waals surface area contributed by atoms with Crippen LogP contribution in [0.4, 0.5) is 13.2 Å². The number of benzene rings is 1. The van der Waals surface area contributed by atoms with Crippen LogP contribution in [-0.4, -0.2) is 21.5 Å². The number of hydrogen-bond acceptors (Lipinski definition) is 5. The molecule has 0 saturated heterocycles. The van der Waals surface area contributed by atoms with Crippen LogP contribution in [-0.2, 0) is 20.0 Å². The summed E-state index contributed by atoms with van der Waals surface area (Å²) in [4.78, 5) is 8.87. The highest BCUT2D eigenvalue weighted by Crippen LogP contribution is 2.48. The molecular weight excluding hydrogens is 457 g/mol. The van der Waals surface area contributed by atoms with E-state index in [-0.39, 0.29) is 16.9 Å². The minimum atomic E-state index is -4.88. The predicted molar refractivity (Wildman–Crippen MR) is 86.8 cm³/mol. The second-order valence-electron chi connectivity index (χ2n) is 4.40. The molecule has 1 aromatic heterocycles. The largest absolute Gasteiger partial charge is 0.465 e. The van der Waals surface area contributed by atoms with Crippen molar-refractivity contribution in [2.75, 3.05) is 7.11 Å². The Morgan fingerprint density at radius 1 is 1.33 bits per heavy atom. The molecule has 0 spiro atoms. The van der Waals surface area contributed by atoms with E-state index in [1.807, 2.05) is 0 Å². The number of alkyl halides is 3. The first kappa shape index (κ1) is 19.2. The number of ether oxygens (including phenoxy) is 1. The fourth-order valence-corrected chi connectivity index (χ4v) is 5.27. The molecule has 1 aromatic carbocycles. The highest BCUT2D eigenvalue weighted by molar-refractivity contribution is 9.10. The Morgan fingerprint density at radius 3 is 2.42 bits per heavy atom. The summed E-state index contributed by atoms with van der Waals surface area (Å²) in [6.07, 6.45) is -4.88. The SMILES string of the molecule is COC(=O)c1sc(C(F)(F)F)c(-c2cccc(Br)c2)c1S(=O)(=O)Cl. The maximum absolute atomic E-state index is 13.4. The Bertz CT molecular complexity index is 906. The second-order valence-corrected chi connectivity index (χ2v) is 8.84. The minimum absolute atomic E-state index is 0.0251. The van der Waals surface area contributed by atoms with Crippen molar-refractivity contribution in [3.05, 3.63) is 38.5 Å². The number of rotatable bonds is 3. The average molecular weight is 464 g/mol. The van der Waals surface area contributed by atoms with E-state index in [9.17, 15) is 26.4 Å². The Morgan fingerprint density at radius 2 is 1.96 bits per heavy atom. The summed E-state index contributed by atoms with van der Waals surface area (Å²) in [6, 6.07) is 5.57. The zero-order valence-corrected chi connectivity index (χ0v) is 15.6. The van der Waals surface area contributed by atoms with Crippen molar-refractivity contribution in [2.24, 2.45) is 0 Å². The molecule has 0 aliphatic rings. The molecule has 0 aliphatic carbocycles. The lowest BCUT2D eigenvalue weighted by Gasteiger charge is -2.09. The maximum atomic E-state index is 13.4. The Labute approximate surface area is 151 Å². The third kappa shape index (κ3) is 3.76. The average Bonchev–Trinajstić information content (AvgIpc) is 2.87. The lowest BCUT2D eigenvalue weighted by molar-refractivity contribution is -0.133. The molecule has 0 atom stereocenters. The molecule has 130 valence electrons. The second kappa shape index (κ2) is 6.66. The zero-order chi connectivity index (χ0) is 18.3. The van der Waals surface area contributed by atoms with Crippen LogP contribution in [0.5, 0.6) is 0 Å². The van der Waals surface area contributed by atoms with Gasteiger partial charge >= 0.3 is 12.1 Å². The van der Waals surface area contributed by atoms with Crippen LogP contribution < -0.4 is 0 Å². The van der Waals surface area contributed by atoms with E-state index < -0.39 is 41.4 Å². The van der Waals surface area contributed by atoms with Gasteiger partial charge in [-0.15, -0.1) is 11.3 Å². The van der Waals surface area contributed by atoms with Crippen molar-refractivity contribution in [3.8, 4) is 11.1 Å². The summed E-state index contributed by atoms with van der Waals surface area (Å²) < 4.78 is 68.7. The standard InChI is InChI=1S/C13H7BrClF3O4S2/c1-22-12(19)9-10(24(15,20)21)8(11(23-9)13(16,17)18)6-3-2-4-7(14)5-6/h2-5H,1H3. The molecule has 0 bridgehead atoms. The summed E-state index contributed by atoms with van der Waals surface area (Å²) >= 11 is 3.08.